The number of hydrogen-bond donors (Lipinski definition) is 4. The Morgan fingerprint density at radius 2 is 0.449 bits per heavy atom. The van der Waals surface area contributed by atoms with Crippen molar-refractivity contribution in [2.24, 2.45) is 0 Å². The fraction of sp³-hybridized carbons (Fsp3) is 0. The molecule has 1 aliphatic heterocycles. The summed E-state index contributed by atoms with van der Waals surface area (Å²) in [7, 11) is 0. The van der Waals surface area contributed by atoms with Crippen LogP contribution in [0, 0.1) is 0 Å². The first-order chi connectivity index (χ1) is 23.8. The van der Waals surface area contributed by atoms with Gasteiger partial charge in [-0.3, -0.25) is 0 Å². The van der Waals surface area contributed by atoms with Gasteiger partial charge in [0.1, 0.15) is 0 Å². The van der Waals surface area contributed by atoms with E-state index in [1.807, 2.05) is 0 Å². The molecule has 4 N–H and O–H groups in total. The van der Waals surface area contributed by atoms with Gasteiger partial charge in [-0.05, 0) is 70.8 Å². The normalized spacial score (nSPS) is 12.6. The van der Waals surface area contributed by atoms with Crippen molar-refractivity contribution in [1.82, 2.24) is 19.9 Å². The van der Waals surface area contributed by atoms with E-state index >= 15 is 0 Å². The Morgan fingerprint density at radius 3 is 0.673 bits per heavy atom. The minimum atomic E-state index is 0. The minimum Gasteiger partial charge on any atom is -0.354 e. The van der Waals surface area contributed by atoms with Crippen LogP contribution in [0.15, 0.2) is 170 Å². The van der Waals surface area contributed by atoms with E-state index in [1.165, 1.54) is 0 Å². The first-order valence-electron chi connectivity index (χ1n) is 16.3. The van der Waals surface area contributed by atoms with Gasteiger partial charge in [-0.15, -0.1) is 0 Å². The molecule has 1 radical (unpaired) electrons. The molecular weight excluding hydrogens is 643 g/mol. The second-order valence-corrected chi connectivity index (χ2v) is 12.1. The van der Waals surface area contributed by atoms with E-state index in [2.05, 4.69) is 190 Å². The van der Waals surface area contributed by atoms with Gasteiger partial charge < -0.3 is 19.9 Å². The molecule has 0 saturated carbocycles. The molecule has 4 aromatic carbocycles. The van der Waals surface area contributed by atoms with Crippen LogP contribution in [-0.2, 0) is 16.8 Å². The van der Waals surface area contributed by atoms with Crippen LogP contribution in [0.3, 0.4) is 0 Å². The third-order valence-corrected chi connectivity index (χ3v) is 9.15. The van der Waals surface area contributed by atoms with Crippen molar-refractivity contribution in [3.63, 3.8) is 0 Å². The molecule has 1 aliphatic rings. The zero-order valence-corrected chi connectivity index (χ0v) is 27.5. The molecule has 0 aliphatic carbocycles. The molecule has 9 rings (SSSR count). The largest absolute Gasteiger partial charge is 0.354 e. The molecule has 0 atom stereocenters. The molecule has 0 spiro atoms. The molecule has 4 nitrogen and oxygen atoms in total. The van der Waals surface area contributed by atoms with Gasteiger partial charge in [-0.1, -0.05) is 121 Å². The topological polar surface area (TPSA) is 63.2 Å². The summed E-state index contributed by atoms with van der Waals surface area (Å²) >= 11 is 0. The summed E-state index contributed by atoms with van der Waals surface area (Å²) < 4.78 is 0. The quantitative estimate of drug-likeness (QED) is 0.169. The van der Waals surface area contributed by atoms with Crippen molar-refractivity contribution >= 4 is 22.3 Å². The molecule has 8 aromatic rings. The third-order valence-electron chi connectivity index (χ3n) is 9.15. The summed E-state index contributed by atoms with van der Waals surface area (Å²) in [4.78, 5) is 15.4. The zero-order valence-electron chi connectivity index (χ0n) is 26.5. The van der Waals surface area contributed by atoms with E-state index in [4.69, 9.17) is 0 Å². The van der Waals surface area contributed by atoms with Crippen LogP contribution in [0.2, 0.25) is 0 Å². The van der Waals surface area contributed by atoms with Gasteiger partial charge in [0, 0.05) is 83.2 Å². The van der Waals surface area contributed by atoms with Crippen molar-refractivity contribution in [3.8, 4) is 0 Å². The number of aromatic amines is 4. The molecule has 8 bridgehead atoms. The van der Waals surface area contributed by atoms with Crippen LogP contribution < -0.4 is 21.4 Å². The van der Waals surface area contributed by atoms with E-state index in [0.29, 0.717) is 0 Å². The summed E-state index contributed by atoms with van der Waals surface area (Å²) in [5.74, 6) is 0. The molecule has 5 heterocycles. The van der Waals surface area contributed by atoms with Gasteiger partial charge in [0.25, 0.3) is 0 Å². The van der Waals surface area contributed by atoms with Gasteiger partial charge in [0.2, 0.25) is 0 Å². The number of aromatic nitrogens is 4. The summed E-state index contributed by atoms with van der Waals surface area (Å²) in [6, 6.07) is 60.0. The van der Waals surface area contributed by atoms with Crippen LogP contribution in [0.25, 0.3) is 22.3 Å². The molecule has 5 heteroatoms. The summed E-state index contributed by atoms with van der Waals surface area (Å²) in [5.41, 5.74) is 13.1. The van der Waals surface area contributed by atoms with Crippen LogP contribution in [0.4, 0.5) is 0 Å². The maximum absolute atomic E-state index is 3.84. The van der Waals surface area contributed by atoms with Crippen LogP contribution in [-0.4, -0.2) is 19.9 Å². The fourth-order valence-electron chi connectivity index (χ4n) is 6.99. The maximum atomic E-state index is 3.84. The number of benzene rings is 4. The molecule has 0 unspecified atom stereocenters. The zero-order chi connectivity index (χ0) is 31.9. The summed E-state index contributed by atoms with van der Waals surface area (Å²) in [6.45, 7) is 0. The van der Waals surface area contributed by atoms with Crippen LogP contribution >= 0.6 is 0 Å². The fourth-order valence-corrected chi connectivity index (χ4v) is 6.99. The predicted molar refractivity (Wildman–Crippen MR) is 194 cm³/mol. The van der Waals surface area contributed by atoms with Crippen molar-refractivity contribution in [2.75, 3.05) is 0 Å². The van der Waals surface area contributed by atoms with E-state index in [9.17, 15) is 0 Å². The smallest absolute Gasteiger partial charge is 0.0485 e. The number of H-pyrrole nitrogens is 4. The predicted octanol–water partition coefficient (Wildman–Crippen LogP) is 6.30. The summed E-state index contributed by atoms with van der Waals surface area (Å²) in [6.07, 6.45) is 0. The Kier molecular flexibility index (Phi) is 7.98. The molecule has 237 valence electrons. The number of fused-ring (bicyclic) bond motifs is 8. The van der Waals surface area contributed by atoms with Crippen molar-refractivity contribution < 1.29 is 16.8 Å². The maximum Gasteiger partial charge on any atom is 0.0485 e. The standard InChI is InChI=1S/C44H32N4.Co/c1-5-13-29(14-6-1)41-33-21-23-35(45-33)42(30-15-7-2-8-16-30)37-25-27-39(47-37)44(32-19-11-4-12-20-32)40-28-26-38(48-40)43(31-17-9-3-10-18-31)36-24-22-34(41)46-36;/h1-28,45-48H;. The molecule has 4 aromatic heterocycles. The first kappa shape index (κ1) is 30.3. The van der Waals surface area contributed by atoms with E-state index in [1.54, 1.807) is 0 Å². The van der Waals surface area contributed by atoms with Gasteiger partial charge in [-0.2, -0.15) is 0 Å². The van der Waals surface area contributed by atoms with Crippen molar-refractivity contribution in [3.05, 3.63) is 236 Å². The van der Waals surface area contributed by atoms with E-state index in [-0.39, 0.29) is 16.8 Å². The molecule has 49 heavy (non-hydrogen) atoms. The second-order valence-electron chi connectivity index (χ2n) is 12.1. The van der Waals surface area contributed by atoms with Crippen LogP contribution in [0.1, 0.15) is 45.0 Å². The average Bonchev–Trinajstić information content (AvgIpc) is 3.98. The Balaban J connectivity index is 0.00000348. The average molecular weight is 676 g/mol. The second kappa shape index (κ2) is 12.9. The van der Waals surface area contributed by atoms with Crippen molar-refractivity contribution in [1.29, 1.82) is 0 Å². The van der Waals surface area contributed by atoms with Gasteiger partial charge >= 0.3 is 0 Å². The Morgan fingerprint density at radius 1 is 0.224 bits per heavy atom. The molecule has 0 amide bonds. The number of nitrogens with one attached hydrogen (secondary N) is 4. The Labute approximate surface area is 294 Å². The Bertz CT molecular complexity index is 2280. The number of hydrogen-bond acceptors (Lipinski definition) is 0. The van der Waals surface area contributed by atoms with E-state index < -0.39 is 0 Å². The minimum absolute atomic E-state index is 0. The Hall–Kier alpha value is -6.01. The SMILES string of the molecule is [Co].c1ccc(C2=c3ccc([nH]3)=C(c3ccccc3)c3ccc([nH]3)C(c3ccccc3)=c3ccc([nH]3)=C(c3ccccc3)c3ccc2[nH]3)cc1. The number of rotatable bonds is 4. The first-order valence-corrected chi connectivity index (χ1v) is 16.3. The van der Waals surface area contributed by atoms with Gasteiger partial charge in [0.05, 0.1) is 0 Å². The van der Waals surface area contributed by atoms with Gasteiger partial charge in [0.15, 0.2) is 0 Å². The van der Waals surface area contributed by atoms with E-state index in [0.717, 1.165) is 88.7 Å². The summed E-state index contributed by atoms with van der Waals surface area (Å²) in [5, 5.41) is 4.16. The molecular formula is C44H32CoN4. The van der Waals surface area contributed by atoms with Crippen molar-refractivity contribution in [2.45, 2.75) is 0 Å². The monoisotopic (exact) mass is 675 g/mol. The molecule has 0 saturated heterocycles. The van der Waals surface area contributed by atoms with Gasteiger partial charge in [-0.25, -0.2) is 0 Å². The third kappa shape index (κ3) is 5.55. The van der Waals surface area contributed by atoms with Crippen LogP contribution in [0.5, 0.6) is 0 Å². The molecule has 0 fully saturated rings.